The van der Waals surface area contributed by atoms with Crippen molar-refractivity contribution in [2.24, 2.45) is 0 Å². The molecule has 3 nitrogen and oxygen atoms in total. The number of rotatable bonds is 4. The van der Waals surface area contributed by atoms with Gasteiger partial charge in [-0.1, -0.05) is 37.3 Å². The van der Waals surface area contributed by atoms with Gasteiger partial charge in [-0.15, -0.1) is 11.3 Å². The van der Waals surface area contributed by atoms with Crippen LogP contribution in [0.2, 0.25) is 0 Å². The summed E-state index contributed by atoms with van der Waals surface area (Å²) in [4.78, 5) is 13.4. The topological polar surface area (TPSA) is 55.1 Å². The molecule has 0 aliphatic rings. The maximum Gasteiger partial charge on any atom is 0.254 e. The monoisotopic (exact) mass is 288 g/mol. The van der Waals surface area contributed by atoms with Gasteiger partial charge in [-0.2, -0.15) is 0 Å². The van der Waals surface area contributed by atoms with Crippen molar-refractivity contribution in [2.45, 2.75) is 33.2 Å². The maximum atomic E-state index is 12.3. The van der Waals surface area contributed by atoms with Crippen LogP contribution in [0.3, 0.4) is 0 Å². The van der Waals surface area contributed by atoms with Crippen LogP contribution in [-0.4, -0.2) is 11.9 Å². The lowest BCUT2D eigenvalue weighted by atomic mass is 10.0. The highest BCUT2D eigenvalue weighted by Gasteiger charge is 2.22. The molecule has 0 bridgehead atoms. The standard InChI is InChI=1S/C16H20N2OS/c1-4-12-13(16(19)18-10(2)3)15(17)20-14(12)11-8-6-5-7-9-11/h5-10H,4,17H2,1-3H3,(H,18,19). The quantitative estimate of drug-likeness (QED) is 0.901. The summed E-state index contributed by atoms with van der Waals surface area (Å²) in [6.45, 7) is 5.95. The molecule has 0 unspecified atom stereocenters. The summed E-state index contributed by atoms with van der Waals surface area (Å²) in [5, 5.41) is 3.52. The van der Waals surface area contributed by atoms with Gasteiger partial charge in [0.1, 0.15) is 0 Å². The Morgan fingerprint density at radius 1 is 1.30 bits per heavy atom. The van der Waals surface area contributed by atoms with Crippen LogP contribution in [0, 0.1) is 0 Å². The predicted octanol–water partition coefficient (Wildman–Crippen LogP) is 3.70. The van der Waals surface area contributed by atoms with E-state index >= 15 is 0 Å². The molecule has 0 aliphatic heterocycles. The zero-order valence-electron chi connectivity index (χ0n) is 12.1. The first-order valence-corrected chi connectivity index (χ1v) is 7.63. The second-order valence-corrected chi connectivity index (χ2v) is 6.05. The molecule has 2 aromatic rings. The molecule has 0 radical (unpaired) electrons. The van der Waals surface area contributed by atoms with E-state index in [9.17, 15) is 4.79 Å². The Labute approximate surface area is 123 Å². The van der Waals surface area contributed by atoms with Gasteiger partial charge in [0.05, 0.1) is 10.6 Å². The van der Waals surface area contributed by atoms with Crippen LogP contribution in [0.1, 0.15) is 36.7 Å². The molecule has 0 spiro atoms. The highest BCUT2D eigenvalue weighted by atomic mass is 32.1. The van der Waals surface area contributed by atoms with Crippen molar-refractivity contribution < 1.29 is 4.79 Å². The lowest BCUT2D eigenvalue weighted by Gasteiger charge is -2.10. The third-order valence-electron chi connectivity index (χ3n) is 3.07. The van der Waals surface area contributed by atoms with E-state index in [1.54, 1.807) is 0 Å². The lowest BCUT2D eigenvalue weighted by molar-refractivity contribution is 0.0943. The van der Waals surface area contributed by atoms with Gasteiger partial charge < -0.3 is 11.1 Å². The first kappa shape index (κ1) is 14.6. The minimum atomic E-state index is -0.0761. The number of amides is 1. The first-order chi connectivity index (χ1) is 9.54. The molecule has 1 aromatic heterocycles. The summed E-state index contributed by atoms with van der Waals surface area (Å²) in [6, 6.07) is 10.2. The van der Waals surface area contributed by atoms with E-state index in [0.717, 1.165) is 22.4 Å². The SMILES string of the molecule is CCc1c(-c2ccccc2)sc(N)c1C(=O)NC(C)C. The largest absolute Gasteiger partial charge is 0.390 e. The zero-order chi connectivity index (χ0) is 14.7. The summed E-state index contributed by atoms with van der Waals surface area (Å²) < 4.78 is 0. The molecule has 2 rings (SSSR count). The summed E-state index contributed by atoms with van der Waals surface area (Å²) in [7, 11) is 0. The third kappa shape index (κ3) is 2.85. The Kier molecular flexibility index (Phi) is 4.45. The van der Waals surface area contributed by atoms with E-state index in [2.05, 4.69) is 24.4 Å². The molecular formula is C16H20N2OS. The van der Waals surface area contributed by atoms with E-state index in [0.29, 0.717) is 10.6 Å². The van der Waals surface area contributed by atoms with Crippen molar-refractivity contribution in [3.8, 4) is 10.4 Å². The Bertz CT molecular complexity index is 602. The van der Waals surface area contributed by atoms with Crippen LogP contribution in [-0.2, 0) is 6.42 Å². The van der Waals surface area contributed by atoms with E-state index < -0.39 is 0 Å². The number of hydrogen-bond donors (Lipinski definition) is 2. The van der Waals surface area contributed by atoms with Crippen LogP contribution < -0.4 is 11.1 Å². The highest BCUT2D eigenvalue weighted by Crippen LogP contribution is 2.38. The molecule has 1 heterocycles. The average Bonchev–Trinajstić information content (AvgIpc) is 2.75. The number of carbonyl (C=O) groups is 1. The van der Waals surface area contributed by atoms with Crippen molar-refractivity contribution >= 4 is 22.2 Å². The number of hydrogen-bond acceptors (Lipinski definition) is 3. The van der Waals surface area contributed by atoms with Crippen LogP contribution in [0.25, 0.3) is 10.4 Å². The molecule has 0 atom stereocenters. The fraction of sp³-hybridized carbons (Fsp3) is 0.312. The highest BCUT2D eigenvalue weighted by molar-refractivity contribution is 7.19. The second-order valence-electron chi connectivity index (χ2n) is 5.00. The fourth-order valence-electron chi connectivity index (χ4n) is 2.23. The third-order valence-corrected chi connectivity index (χ3v) is 4.18. The predicted molar refractivity (Wildman–Crippen MR) is 86.1 cm³/mol. The number of anilines is 1. The van der Waals surface area contributed by atoms with Crippen LogP contribution in [0.5, 0.6) is 0 Å². The van der Waals surface area contributed by atoms with Crippen molar-refractivity contribution in [3.05, 3.63) is 41.5 Å². The number of nitrogen functional groups attached to an aromatic ring is 1. The van der Waals surface area contributed by atoms with E-state index in [4.69, 9.17) is 5.73 Å². The molecule has 1 aromatic carbocycles. The number of benzene rings is 1. The molecule has 4 heteroatoms. The van der Waals surface area contributed by atoms with Gasteiger partial charge in [0.15, 0.2) is 0 Å². The minimum Gasteiger partial charge on any atom is -0.390 e. The Morgan fingerprint density at radius 3 is 2.50 bits per heavy atom. The fourth-order valence-corrected chi connectivity index (χ4v) is 3.39. The summed E-state index contributed by atoms with van der Waals surface area (Å²) >= 11 is 1.49. The molecule has 0 saturated heterocycles. The molecule has 1 amide bonds. The second kappa shape index (κ2) is 6.09. The summed E-state index contributed by atoms with van der Waals surface area (Å²) in [6.07, 6.45) is 0.790. The molecule has 0 saturated carbocycles. The molecule has 106 valence electrons. The normalized spacial score (nSPS) is 10.8. The van der Waals surface area contributed by atoms with Crippen molar-refractivity contribution in [2.75, 3.05) is 5.73 Å². The Morgan fingerprint density at radius 2 is 1.95 bits per heavy atom. The molecule has 20 heavy (non-hydrogen) atoms. The van der Waals surface area contributed by atoms with Crippen molar-refractivity contribution in [1.29, 1.82) is 0 Å². The van der Waals surface area contributed by atoms with Gasteiger partial charge in [-0.25, -0.2) is 0 Å². The molecule has 0 fully saturated rings. The van der Waals surface area contributed by atoms with E-state index in [1.807, 2.05) is 32.0 Å². The molecular weight excluding hydrogens is 268 g/mol. The molecule has 0 aliphatic carbocycles. The number of carbonyl (C=O) groups excluding carboxylic acids is 1. The maximum absolute atomic E-state index is 12.3. The zero-order valence-corrected chi connectivity index (χ0v) is 12.9. The Hall–Kier alpha value is -1.81. The number of thiophene rings is 1. The van der Waals surface area contributed by atoms with Crippen molar-refractivity contribution in [1.82, 2.24) is 5.32 Å². The minimum absolute atomic E-state index is 0.0761. The van der Waals surface area contributed by atoms with Crippen LogP contribution in [0.4, 0.5) is 5.00 Å². The van der Waals surface area contributed by atoms with Crippen LogP contribution >= 0.6 is 11.3 Å². The van der Waals surface area contributed by atoms with Gasteiger partial charge in [-0.05, 0) is 31.4 Å². The summed E-state index contributed by atoms with van der Waals surface area (Å²) in [5.41, 5.74) is 8.89. The van der Waals surface area contributed by atoms with E-state index in [-0.39, 0.29) is 11.9 Å². The van der Waals surface area contributed by atoms with Gasteiger partial charge >= 0.3 is 0 Å². The lowest BCUT2D eigenvalue weighted by Crippen LogP contribution is -2.30. The van der Waals surface area contributed by atoms with E-state index in [1.165, 1.54) is 11.3 Å². The molecule has 3 N–H and O–H groups in total. The van der Waals surface area contributed by atoms with Gasteiger partial charge in [0.2, 0.25) is 0 Å². The Balaban J connectivity index is 2.50. The summed E-state index contributed by atoms with van der Waals surface area (Å²) in [5.74, 6) is -0.0761. The number of nitrogens with two attached hydrogens (primary N) is 1. The average molecular weight is 288 g/mol. The first-order valence-electron chi connectivity index (χ1n) is 6.82. The van der Waals surface area contributed by atoms with Crippen molar-refractivity contribution in [3.63, 3.8) is 0 Å². The van der Waals surface area contributed by atoms with Gasteiger partial charge in [0, 0.05) is 10.9 Å². The van der Waals surface area contributed by atoms with Gasteiger partial charge in [-0.3, -0.25) is 4.79 Å². The number of nitrogens with one attached hydrogen (secondary N) is 1. The van der Waals surface area contributed by atoms with Crippen LogP contribution in [0.15, 0.2) is 30.3 Å². The smallest absolute Gasteiger partial charge is 0.254 e. The van der Waals surface area contributed by atoms with Gasteiger partial charge in [0.25, 0.3) is 5.91 Å².